The molecule has 0 saturated carbocycles. The van der Waals surface area contributed by atoms with E-state index in [1.54, 1.807) is 55.6 Å². The fourth-order valence-corrected chi connectivity index (χ4v) is 2.16. The molecular weight excluding hydrogens is 354 g/mol. The second-order valence-electron chi connectivity index (χ2n) is 5.08. The van der Waals surface area contributed by atoms with Crippen molar-refractivity contribution < 1.29 is 14.3 Å². The van der Waals surface area contributed by atoms with Gasteiger partial charge in [-0.1, -0.05) is 23.7 Å². The maximum atomic E-state index is 12.1. The first-order chi connectivity index (χ1) is 12.6. The minimum absolute atomic E-state index is 0.0608. The number of methoxy groups -OCH3 is 1. The number of nitrogens with zero attached hydrogens (tertiary/aromatic N) is 1. The highest BCUT2D eigenvalue weighted by atomic mass is 35.5. The van der Waals surface area contributed by atoms with Gasteiger partial charge in [-0.15, -0.1) is 0 Å². The Morgan fingerprint density at radius 2 is 1.88 bits per heavy atom. The van der Waals surface area contributed by atoms with Crippen LogP contribution in [0.3, 0.4) is 0 Å². The Kier molecular flexibility index (Phi) is 7.34. The van der Waals surface area contributed by atoms with Crippen molar-refractivity contribution in [2.45, 2.75) is 0 Å². The van der Waals surface area contributed by atoms with Gasteiger partial charge in [0.15, 0.2) is 0 Å². The summed E-state index contributed by atoms with van der Waals surface area (Å²) in [6.45, 7) is 0.796. The molecule has 0 atom stereocenters. The predicted octanol–water partition coefficient (Wildman–Crippen LogP) is 3.36. The number of nitrogens with one attached hydrogen (secondary N) is 2. The van der Waals surface area contributed by atoms with Crippen LogP contribution in [-0.2, 0) is 4.79 Å². The second kappa shape index (κ2) is 9.97. The van der Waals surface area contributed by atoms with Crippen LogP contribution in [0.1, 0.15) is 0 Å². The van der Waals surface area contributed by atoms with E-state index in [0.29, 0.717) is 29.6 Å². The molecule has 7 heteroatoms. The Morgan fingerprint density at radius 3 is 2.54 bits per heavy atom. The summed E-state index contributed by atoms with van der Waals surface area (Å²) >= 11 is 5.98. The molecule has 2 aromatic rings. The summed E-state index contributed by atoms with van der Waals surface area (Å²) in [5.74, 6) is 0.916. The molecule has 0 spiro atoms. The maximum Gasteiger partial charge on any atom is 0.267 e. The van der Waals surface area contributed by atoms with Crippen molar-refractivity contribution >= 4 is 23.2 Å². The molecule has 26 heavy (non-hydrogen) atoms. The minimum atomic E-state index is -0.538. The zero-order valence-corrected chi connectivity index (χ0v) is 14.9. The monoisotopic (exact) mass is 371 g/mol. The number of ether oxygens (including phenoxy) is 2. The molecule has 0 aliphatic rings. The molecule has 2 aromatic carbocycles. The maximum absolute atomic E-state index is 12.1. The summed E-state index contributed by atoms with van der Waals surface area (Å²) in [5.41, 5.74) is 0.387. The lowest BCUT2D eigenvalue weighted by Gasteiger charge is -2.08. The Balaban J connectivity index is 1.80. The molecule has 2 rings (SSSR count). The third kappa shape index (κ3) is 5.72. The average Bonchev–Trinajstić information content (AvgIpc) is 2.67. The Hall–Kier alpha value is -3.17. The molecule has 0 unspecified atom stereocenters. The molecule has 6 nitrogen and oxygen atoms in total. The van der Waals surface area contributed by atoms with Crippen molar-refractivity contribution in [3.8, 4) is 17.6 Å². The number of hydrogen-bond acceptors (Lipinski definition) is 5. The van der Waals surface area contributed by atoms with E-state index >= 15 is 0 Å². The van der Waals surface area contributed by atoms with Gasteiger partial charge in [-0.3, -0.25) is 4.79 Å². The molecule has 0 radical (unpaired) electrons. The van der Waals surface area contributed by atoms with E-state index in [2.05, 4.69) is 10.6 Å². The van der Waals surface area contributed by atoms with Gasteiger partial charge in [-0.25, -0.2) is 0 Å². The number of anilines is 1. The van der Waals surface area contributed by atoms with E-state index in [1.165, 1.54) is 6.20 Å². The van der Waals surface area contributed by atoms with Crippen LogP contribution in [0, 0.1) is 11.3 Å². The fourth-order valence-electron chi connectivity index (χ4n) is 1.97. The van der Waals surface area contributed by atoms with Gasteiger partial charge in [0, 0.05) is 12.7 Å². The van der Waals surface area contributed by atoms with Gasteiger partial charge in [-0.05, 0) is 36.4 Å². The van der Waals surface area contributed by atoms with E-state index in [1.807, 2.05) is 6.07 Å². The number of amides is 1. The van der Waals surface area contributed by atoms with E-state index in [4.69, 9.17) is 26.3 Å². The molecule has 0 aliphatic carbocycles. The molecule has 0 saturated heterocycles. The molecule has 0 fully saturated rings. The number of rotatable bonds is 8. The largest absolute Gasteiger partial charge is 0.497 e. The van der Waals surface area contributed by atoms with Crippen molar-refractivity contribution in [2.75, 3.05) is 25.6 Å². The van der Waals surface area contributed by atoms with Gasteiger partial charge in [-0.2, -0.15) is 5.26 Å². The van der Waals surface area contributed by atoms with Gasteiger partial charge in [0.1, 0.15) is 29.7 Å². The lowest BCUT2D eigenvalue weighted by Crippen LogP contribution is -2.20. The third-order valence-electron chi connectivity index (χ3n) is 3.31. The van der Waals surface area contributed by atoms with Gasteiger partial charge in [0.2, 0.25) is 0 Å². The molecule has 134 valence electrons. The Morgan fingerprint density at radius 1 is 1.19 bits per heavy atom. The smallest absolute Gasteiger partial charge is 0.267 e. The lowest BCUT2D eigenvalue weighted by molar-refractivity contribution is -0.112. The van der Waals surface area contributed by atoms with Crippen molar-refractivity contribution in [2.24, 2.45) is 0 Å². The van der Waals surface area contributed by atoms with Crippen LogP contribution in [0.2, 0.25) is 5.02 Å². The first-order valence-corrected chi connectivity index (χ1v) is 8.18. The average molecular weight is 372 g/mol. The van der Waals surface area contributed by atoms with Crippen LogP contribution in [0.15, 0.2) is 60.3 Å². The van der Waals surface area contributed by atoms with Crippen LogP contribution in [0.25, 0.3) is 0 Å². The number of carbonyl (C=O) groups excluding carboxylic acids is 1. The fraction of sp³-hybridized carbons (Fsp3) is 0.158. The third-order valence-corrected chi connectivity index (χ3v) is 3.64. The molecule has 0 aromatic heterocycles. The molecule has 0 bridgehead atoms. The lowest BCUT2D eigenvalue weighted by atomic mass is 10.2. The molecule has 1 amide bonds. The SMILES string of the molecule is COc1ccc(OCCN/C=C(/C#N)C(=O)Nc2ccccc2Cl)cc1. The number of benzene rings is 2. The van der Waals surface area contributed by atoms with E-state index in [0.717, 1.165) is 5.75 Å². The van der Waals surface area contributed by atoms with Gasteiger partial charge < -0.3 is 20.1 Å². The van der Waals surface area contributed by atoms with Crippen molar-refractivity contribution in [1.82, 2.24) is 5.32 Å². The van der Waals surface area contributed by atoms with Crippen LogP contribution >= 0.6 is 11.6 Å². The standard InChI is InChI=1S/C19H18ClN3O3/c1-25-15-6-8-16(9-7-15)26-11-10-22-13-14(12-21)19(24)23-18-5-3-2-4-17(18)20/h2-9,13,22H,10-11H2,1H3,(H,23,24)/b14-13-. The number of para-hydroxylation sites is 1. The second-order valence-corrected chi connectivity index (χ2v) is 5.49. The highest BCUT2D eigenvalue weighted by Crippen LogP contribution is 2.21. The highest BCUT2D eigenvalue weighted by Gasteiger charge is 2.10. The summed E-state index contributed by atoms with van der Waals surface area (Å²) in [7, 11) is 1.60. The Bertz CT molecular complexity index is 814. The van der Waals surface area contributed by atoms with Gasteiger partial charge >= 0.3 is 0 Å². The van der Waals surface area contributed by atoms with Crippen LogP contribution in [0.5, 0.6) is 11.5 Å². The predicted molar refractivity (Wildman–Crippen MR) is 100 cm³/mol. The molecule has 2 N–H and O–H groups in total. The quantitative estimate of drug-likeness (QED) is 0.422. The molecule has 0 aliphatic heterocycles. The normalized spacial score (nSPS) is 10.6. The van der Waals surface area contributed by atoms with Crippen LogP contribution in [0.4, 0.5) is 5.69 Å². The summed E-state index contributed by atoms with van der Waals surface area (Å²) in [6, 6.07) is 15.9. The topological polar surface area (TPSA) is 83.4 Å². The highest BCUT2D eigenvalue weighted by molar-refractivity contribution is 6.33. The summed E-state index contributed by atoms with van der Waals surface area (Å²) in [6.07, 6.45) is 1.35. The van der Waals surface area contributed by atoms with E-state index < -0.39 is 5.91 Å². The van der Waals surface area contributed by atoms with Crippen LogP contribution < -0.4 is 20.1 Å². The molecular formula is C19H18ClN3O3. The minimum Gasteiger partial charge on any atom is -0.497 e. The summed E-state index contributed by atoms with van der Waals surface area (Å²) < 4.78 is 10.6. The number of nitriles is 1. The van der Waals surface area contributed by atoms with Crippen molar-refractivity contribution in [1.29, 1.82) is 5.26 Å². The molecule has 0 heterocycles. The van der Waals surface area contributed by atoms with Gasteiger partial charge in [0.05, 0.1) is 17.8 Å². The van der Waals surface area contributed by atoms with E-state index in [-0.39, 0.29) is 5.57 Å². The van der Waals surface area contributed by atoms with Crippen molar-refractivity contribution in [3.63, 3.8) is 0 Å². The van der Waals surface area contributed by atoms with Crippen molar-refractivity contribution in [3.05, 3.63) is 65.3 Å². The number of carbonyl (C=O) groups is 1. The first kappa shape index (κ1) is 19.2. The Labute approximate surface area is 157 Å². The van der Waals surface area contributed by atoms with E-state index in [9.17, 15) is 4.79 Å². The number of halogens is 1. The zero-order chi connectivity index (χ0) is 18.8. The first-order valence-electron chi connectivity index (χ1n) is 7.80. The zero-order valence-electron chi connectivity index (χ0n) is 14.2. The number of hydrogen-bond donors (Lipinski definition) is 2. The summed E-state index contributed by atoms with van der Waals surface area (Å²) in [4.78, 5) is 12.1. The van der Waals surface area contributed by atoms with Gasteiger partial charge in [0.25, 0.3) is 5.91 Å². The van der Waals surface area contributed by atoms with Crippen LogP contribution in [-0.4, -0.2) is 26.2 Å². The summed E-state index contributed by atoms with van der Waals surface area (Å²) in [5, 5.41) is 15.0.